The molecule has 7 heteroatoms. The lowest BCUT2D eigenvalue weighted by molar-refractivity contribution is -0.139. The molecule has 154 valence electrons. The van der Waals surface area contributed by atoms with Gasteiger partial charge in [0.05, 0.1) is 0 Å². The molecule has 0 aliphatic carbocycles. The van der Waals surface area contributed by atoms with Crippen molar-refractivity contribution in [2.24, 2.45) is 0 Å². The first-order chi connectivity index (χ1) is 14.1. The average Bonchev–Trinajstić information content (AvgIpc) is 2.76. The fourth-order valence-electron chi connectivity index (χ4n) is 3.32. The first-order valence-electron chi connectivity index (χ1n) is 9.94. The molecule has 2 aromatic rings. The third-order valence-corrected chi connectivity index (χ3v) is 5.00. The number of hydrogen-bond acceptors (Lipinski definition) is 4. The summed E-state index contributed by atoms with van der Waals surface area (Å²) in [6.07, 6.45) is 0.786. The van der Waals surface area contributed by atoms with Gasteiger partial charge in [0.15, 0.2) is 0 Å². The van der Waals surface area contributed by atoms with E-state index < -0.39 is 11.8 Å². The smallest absolute Gasteiger partial charge is 0.309 e. The Labute approximate surface area is 170 Å². The quantitative estimate of drug-likeness (QED) is 0.551. The van der Waals surface area contributed by atoms with E-state index in [0.29, 0.717) is 13.1 Å². The number of amides is 2. The molecule has 2 aromatic carbocycles. The van der Waals surface area contributed by atoms with E-state index in [2.05, 4.69) is 20.4 Å². The number of anilines is 1. The van der Waals surface area contributed by atoms with Crippen LogP contribution < -0.4 is 15.5 Å². The molecule has 1 fully saturated rings. The molecule has 0 bridgehead atoms. The van der Waals surface area contributed by atoms with Gasteiger partial charge in [0.2, 0.25) is 0 Å². The van der Waals surface area contributed by atoms with Crippen LogP contribution in [0.25, 0.3) is 0 Å². The Morgan fingerprint density at radius 1 is 0.862 bits per heavy atom. The molecular formula is C22H27FN4O2. The van der Waals surface area contributed by atoms with E-state index in [1.165, 1.54) is 12.1 Å². The lowest BCUT2D eigenvalue weighted by atomic mass is 10.2. The van der Waals surface area contributed by atoms with Gasteiger partial charge in [0, 0.05) is 45.0 Å². The fraction of sp³-hybridized carbons (Fsp3) is 0.364. The summed E-state index contributed by atoms with van der Waals surface area (Å²) in [6.45, 7) is 5.29. The van der Waals surface area contributed by atoms with Gasteiger partial charge in [-0.1, -0.05) is 30.3 Å². The van der Waals surface area contributed by atoms with E-state index in [-0.39, 0.29) is 5.82 Å². The van der Waals surface area contributed by atoms with Gasteiger partial charge in [-0.05, 0) is 42.8 Å². The van der Waals surface area contributed by atoms with Gasteiger partial charge in [0.25, 0.3) is 0 Å². The number of nitrogens with zero attached hydrogens (tertiary/aromatic N) is 2. The summed E-state index contributed by atoms with van der Waals surface area (Å²) in [7, 11) is 0. The Morgan fingerprint density at radius 2 is 1.52 bits per heavy atom. The molecule has 1 aliphatic heterocycles. The summed E-state index contributed by atoms with van der Waals surface area (Å²) in [5.74, 6) is -1.42. The summed E-state index contributed by atoms with van der Waals surface area (Å²) in [5, 5.41) is 5.30. The molecule has 6 nitrogen and oxygen atoms in total. The van der Waals surface area contributed by atoms with Crippen molar-refractivity contribution in [3.63, 3.8) is 0 Å². The zero-order valence-electron chi connectivity index (χ0n) is 16.4. The highest BCUT2D eigenvalue weighted by molar-refractivity contribution is 6.35. The molecule has 0 atom stereocenters. The standard InChI is InChI=1S/C22H27FN4O2/c23-19-7-9-20(10-8-19)27-15-13-26(14-16-27)12-4-11-24-21(28)22(29)25-17-18-5-2-1-3-6-18/h1-3,5-10H,4,11-17H2,(H,24,28)(H,25,29). The van der Waals surface area contributed by atoms with Crippen molar-refractivity contribution in [3.05, 3.63) is 66.0 Å². The average molecular weight is 398 g/mol. The van der Waals surface area contributed by atoms with Crippen molar-refractivity contribution in [3.8, 4) is 0 Å². The van der Waals surface area contributed by atoms with Gasteiger partial charge in [0.1, 0.15) is 5.82 Å². The lowest BCUT2D eigenvalue weighted by Crippen LogP contribution is -2.47. The van der Waals surface area contributed by atoms with E-state index in [0.717, 1.165) is 50.4 Å². The highest BCUT2D eigenvalue weighted by Crippen LogP contribution is 2.16. The highest BCUT2D eigenvalue weighted by Gasteiger charge is 2.17. The number of carbonyl (C=O) groups is 2. The maximum atomic E-state index is 13.0. The predicted molar refractivity (Wildman–Crippen MR) is 111 cm³/mol. The molecular weight excluding hydrogens is 371 g/mol. The minimum atomic E-state index is -0.609. The molecule has 1 saturated heterocycles. The minimum Gasteiger partial charge on any atom is -0.369 e. The van der Waals surface area contributed by atoms with Gasteiger partial charge in [-0.2, -0.15) is 0 Å². The van der Waals surface area contributed by atoms with Gasteiger partial charge in [-0.25, -0.2) is 4.39 Å². The largest absolute Gasteiger partial charge is 0.369 e. The SMILES string of the molecule is O=C(NCCCN1CCN(c2ccc(F)cc2)CC1)C(=O)NCc1ccccc1. The summed E-state index contributed by atoms with van der Waals surface area (Å²) < 4.78 is 13.0. The molecule has 3 rings (SSSR count). The molecule has 0 saturated carbocycles. The zero-order valence-corrected chi connectivity index (χ0v) is 16.4. The summed E-state index contributed by atoms with van der Waals surface area (Å²) in [5.41, 5.74) is 1.99. The second-order valence-corrected chi connectivity index (χ2v) is 7.08. The zero-order chi connectivity index (χ0) is 20.5. The van der Waals surface area contributed by atoms with Crippen molar-refractivity contribution in [1.29, 1.82) is 0 Å². The van der Waals surface area contributed by atoms with Gasteiger partial charge < -0.3 is 15.5 Å². The Bertz CT molecular complexity index is 790. The van der Waals surface area contributed by atoms with E-state index in [1.807, 2.05) is 42.5 Å². The minimum absolute atomic E-state index is 0.219. The second kappa shape index (κ2) is 10.6. The van der Waals surface area contributed by atoms with E-state index >= 15 is 0 Å². The normalized spacial score (nSPS) is 14.4. The number of carbonyl (C=O) groups excluding carboxylic acids is 2. The van der Waals surface area contributed by atoms with Crippen LogP contribution in [0, 0.1) is 5.82 Å². The molecule has 0 unspecified atom stereocenters. The Balaban J connectivity index is 1.28. The Hall–Kier alpha value is -2.93. The van der Waals surface area contributed by atoms with Gasteiger partial charge in [-0.15, -0.1) is 0 Å². The van der Waals surface area contributed by atoms with Crippen LogP contribution >= 0.6 is 0 Å². The molecule has 29 heavy (non-hydrogen) atoms. The number of piperazine rings is 1. The lowest BCUT2D eigenvalue weighted by Gasteiger charge is -2.36. The van der Waals surface area contributed by atoms with Crippen LogP contribution in [0.5, 0.6) is 0 Å². The first kappa shape index (κ1) is 20.8. The third-order valence-electron chi connectivity index (χ3n) is 5.00. The van der Waals surface area contributed by atoms with Crippen LogP contribution in [0.1, 0.15) is 12.0 Å². The molecule has 0 radical (unpaired) electrons. The summed E-state index contributed by atoms with van der Waals surface area (Å²) in [4.78, 5) is 28.3. The second-order valence-electron chi connectivity index (χ2n) is 7.08. The molecule has 0 spiro atoms. The van der Waals surface area contributed by atoms with Crippen LogP contribution in [-0.2, 0) is 16.1 Å². The molecule has 0 aromatic heterocycles. The van der Waals surface area contributed by atoms with Crippen molar-refractivity contribution >= 4 is 17.5 Å². The summed E-state index contributed by atoms with van der Waals surface area (Å²) in [6, 6.07) is 16.1. The molecule has 2 N–H and O–H groups in total. The van der Waals surface area contributed by atoms with E-state index in [1.54, 1.807) is 0 Å². The summed E-state index contributed by atoms with van der Waals surface area (Å²) >= 11 is 0. The monoisotopic (exact) mass is 398 g/mol. The van der Waals surface area contributed by atoms with Crippen LogP contribution in [-0.4, -0.2) is 56.0 Å². The fourth-order valence-corrected chi connectivity index (χ4v) is 3.32. The first-order valence-corrected chi connectivity index (χ1v) is 9.94. The topological polar surface area (TPSA) is 64.7 Å². The number of hydrogen-bond donors (Lipinski definition) is 2. The van der Waals surface area contributed by atoms with Crippen LogP contribution in [0.15, 0.2) is 54.6 Å². The van der Waals surface area contributed by atoms with Gasteiger partial charge >= 0.3 is 11.8 Å². The van der Waals surface area contributed by atoms with E-state index in [9.17, 15) is 14.0 Å². The highest BCUT2D eigenvalue weighted by atomic mass is 19.1. The third kappa shape index (κ3) is 6.57. The van der Waals surface area contributed by atoms with Crippen LogP contribution in [0.2, 0.25) is 0 Å². The molecule has 2 amide bonds. The van der Waals surface area contributed by atoms with Crippen LogP contribution in [0.4, 0.5) is 10.1 Å². The van der Waals surface area contributed by atoms with Crippen molar-refractivity contribution < 1.29 is 14.0 Å². The van der Waals surface area contributed by atoms with Crippen LogP contribution in [0.3, 0.4) is 0 Å². The maximum Gasteiger partial charge on any atom is 0.309 e. The van der Waals surface area contributed by atoms with Gasteiger partial charge in [-0.3, -0.25) is 14.5 Å². The number of halogens is 1. The Kier molecular flexibility index (Phi) is 7.58. The molecule has 1 heterocycles. The Morgan fingerprint density at radius 3 is 2.21 bits per heavy atom. The van der Waals surface area contributed by atoms with Crippen molar-refractivity contribution in [2.45, 2.75) is 13.0 Å². The number of nitrogens with one attached hydrogen (secondary N) is 2. The van der Waals surface area contributed by atoms with Crippen molar-refractivity contribution in [2.75, 3.05) is 44.2 Å². The van der Waals surface area contributed by atoms with E-state index in [4.69, 9.17) is 0 Å². The maximum absolute atomic E-state index is 13.0. The predicted octanol–water partition coefficient (Wildman–Crippen LogP) is 1.77. The molecule has 1 aliphatic rings. The number of benzene rings is 2. The van der Waals surface area contributed by atoms with Crippen molar-refractivity contribution in [1.82, 2.24) is 15.5 Å². The number of rotatable bonds is 7.